The third-order valence-electron chi connectivity index (χ3n) is 3.17. The average molecular weight is 339 g/mol. The topological polar surface area (TPSA) is 91.2 Å². The van der Waals surface area contributed by atoms with Crippen molar-refractivity contribution in [2.75, 3.05) is 25.1 Å². The van der Waals surface area contributed by atoms with Gasteiger partial charge in [-0.25, -0.2) is 14.6 Å². The number of pyridine rings is 1. The van der Waals surface area contributed by atoms with Crippen molar-refractivity contribution in [2.24, 2.45) is 0 Å². The predicted octanol–water partition coefficient (Wildman–Crippen LogP) is 1.70. The normalized spacial score (nSPS) is 10.4. The molecule has 0 aliphatic rings. The van der Waals surface area contributed by atoms with Crippen molar-refractivity contribution in [3.63, 3.8) is 0 Å². The number of ether oxygens (including phenoxy) is 2. The minimum atomic E-state index is -0.283. The minimum Gasteiger partial charge on any atom is -0.491 e. The van der Waals surface area contributed by atoms with Gasteiger partial charge in [-0.2, -0.15) is 5.10 Å². The summed E-state index contributed by atoms with van der Waals surface area (Å²) in [5, 5.41) is 6.77. The number of amides is 1. The molecule has 0 bridgehead atoms. The number of rotatable bonds is 8. The van der Waals surface area contributed by atoms with E-state index in [2.05, 4.69) is 20.4 Å². The molecule has 2 heterocycles. The zero-order valence-corrected chi connectivity index (χ0v) is 13.4. The van der Waals surface area contributed by atoms with Crippen LogP contribution in [0.1, 0.15) is 0 Å². The van der Waals surface area contributed by atoms with Gasteiger partial charge in [-0.1, -0.05) is 18.2 Å². The van der Waals surface area contributed by atoms with Gasteiger partial charge in [-0.05, 0) is 24.3 Å². The highest BCUT2D eigenvalue weighted by Gasteiger charge is 2.10. The SMILES string of the molecule is O=C(COCCOc1ccccc1)Nc1cccnc1-n1cncn1. The molecular weight excluding hydrogens is 322 g/mol. The van der Waals surface area contributed by atoms with Crippen molar-refractivity contribution >= 4 is 11.6 Å². The Hall–Kier alpha value is -3.26. The number of nitrogens with zero attached hydrogens (tertiary/aromatic N) is 4. The quantitative estimate of drug-likeness (QED) is 0.628. The molecule has 3 aromatic rings. The highest BCUT2D eigenvalue weighted by molar-refractivity contribution is 5.93. The average Bonchev–Trinajstić information content (AvgIpc) is 3.17. The highest BCUT2D eigenvalue weighted by atomic mass is 16.5. The fraction of sp³-hybridized carbons (Fsp3) is 0.176. The number of aromatic nitrogens is 4. The second-order valence-corrected chi connectivity index (χ2v) is 4.98. The van der Waals surface area contributed by atoms with Crippen LogP contribution in [0.15, 0.2) is 61.3 Å². The summed E-state index contributed by atoms with van der Waals surface area (Å²) >= 11 is 0. The molecule has 0 unspecified atom stereocenters. The lowest BCUT2D eigenvalue weighted by molar-refractivity contribution is -0.120. The second kappa shape index (κ2) is 8.55. The van der Waals surface area contributed by atoms with Crippen molar-refractivity contribution in [1.29, 1.82) is 0 Å². The van der Waals surface area contributed by atoms with Gasteiger partial charge in [0.2, 0.25) is 5.91 Å². The first-order valence-electron chi connectivity index (χ1n) is 7.68. The van der Waals surface area contributed by atoms with Crippen molar-refractivity contribution in [2.45, 2.75) is 0 Å². The van der Waals surface area contributed by atoms with Crippen molar-refractivity contribution in [3.8, 4) is 11.6 Å². The van der Waals surface area contributed by atoms with Gasteiger partial charge < -0.3 is 14.8 Å². The van der Waals surface area contributed by atoms with E-state index in [-0.39, 0.29) is 12.5 Å². The number of benzene rings is 1. The summed E-state index contributed by atoms with van der Waals surface area (Å²) in [7, 11) is 0. The van der Waals surface area contributed by atoms with Crippen LogP contribution in [-0.4, -0.2) is 45.5 Å². The Balaban J connectivity index is 1.44. The van der Waals surface area contributed by atoms with Gasteiger partial charge in [0.15, 0.2) is 5.82 Å². The van der Waals surface area contributed by atoms with E-state index in [0.29, 0.717) is 24.7 Å². The van der Waals surface area contributed by atoms with Crippen molar-refractivity contribution < 1.29 is 14.3 Å². The summed E-state index contributed by atoms with van der Waals surface area (Å²) in [5.74, 6) is 0.971. The summed E-state index contributed by atoms with van der Waals surface area (Å²) in [6.45, 7) is 0.601. The Morgan fingerprint density at radius 1 is 1.12 bits per heavy atom. The Morgan fingerprint density at radius 2 is 2.00 bits per heavy atom. The standard InChI is InChI=1S/C17H17N5O3/c23-16(11-24-9-10-25-14-5-2-1-3-6-14)21-15-7-4-8-19-17(15)22-13-18-12-20-22/h1-8,12-13H,9-11H2,(H,21,23). The molecule has 2 aromatic heterocycles. The Bertz CT molecular complexity index is 793. The maximum atomic E-state index is 12.0. The molecule has 1 N–H and O–H groups in total. The molecule has 0 aliphatic carbocycles. The minimum absolute atomic E-state index is 0.0795. The maximum absolute atomic E-state index is 12.0. The summed E-state index contributed by atoms with van der Waals surface area (Å²) in [4.78, 5) is 20.1. The van der Waals surface area contributed by atoms with Gasteiger partial charge in [0, 0.05) is 6.20 Å². The number of para-hydroxylation sites is 1. The van der Waals surface area contributed by atoms with E-state index in [1.54, 1.807) is 18.3 Å². The smallest absolute Gasteiger partial charge is 0.250 e. The molecule has 0 atom stereocenters. The van der Waals surface area contributed by atoms with Crippen LogP contribution in [0.4, 0.5) is 5.69 Å². The lowest BCUT2D eigenvalue weighted by Crippen LogP contribution is -2.21. The van der Waals surface area contributed by atoms with E-state index in [1.165, 1.54) is 17.3 Å². The van der Waals surface area contributed by atoms with E-state index < -0.39 is 0 Å². The summed E-state index contributed by atoms with van der Waals surface area (Å²) in [6, 6.07) is 12.9. The lowest BCUT2D eigenvalue weighted by atomic mass is 10.3. The first kappa shape index (κ1) is 16.6. The maximum Gasteiger partial charge on any atom is 0.250 e. The second-order valence-electron chi connectivity index (χ2n) is 4.98. The first-order chi connectivity index (χ1) is 12.3. The van der Waals surface area contributed by atoms with Gasteiger partial charge in [-0.15, -0.1) is 0 Å². The van der Waals surface area contributed by atoms with Gasteiger partial charge >= 0.3 is 0 Å². The van der Waals surface area contributed by atoms with Crippen molar-refractivity contribution in [3.05, 3.63) is 61.3 Å². The third-order valence-corrected chi connectivity index (χ3v) is 3.17. The van der Waals surface area contributed by atoms with Crippen LogP contribution in [0.2, 0.25) is 0 Å². The predicted molar refractivity (Wildman–Crippen MR) is 90.5 cm³/mol. The van der Waals surface area contributed by atoms with E-state index >= 15 is 0 Å². The van der Waals surface area contributed by atoms with Crippen LogP contribution in [0.5, 0.6) is 5.75 Å². The molecule has 0 saturated heterocycles. The zero-order valence-electron chi connectivity index (χ0n) is 13.4. The number of hydrogen-bond donors (Lipinski definition) is 1. The number of carbonyl (C=O) groups excluding carboxylic acids is 1. The van der Waals surface area contributed by atoms with E-state index in [1.807, 2.05) is 30.3 Å². The van der Waals surface area contributed by atoms with Crippen LogP contribution in [0.3, 0.4) is 0 Å². The number of carbonyl (C=O) groups is 1. The van der Waals surface area contributed by atoms with Gasteiger partial charge in [0.1, 0.15) is 31.6 Å². The number of hydrogen-bond acceptors (Lipinski definition) is 6. The molecule has 0 aliphatic heterocycles. The molecule has 128 valence electrons. The van der Waals surface area contributed by atoms with E-state index in [4.69, 9.17) is 9.47 Å². The molecule has 0 radical (unpaired) electrons. The molecule has 25 heavy (non-hydrogen) atoms. The number of anilines is 1. The molecule has 1 aromatic carbocycles. The largest absolute Gasteiger partial charge is 0.491 e. The molecule has 0 saturated carbocycles. The first-order valence-corrected chi connectivity index (χ1v) is 7.68. The third kappa shape index (κ3) is 4.85. The monoisotopic (exact) mass is 339 g/mol. The van der Waals surface area contributed by atoms with Gasteiger partial charge in [0.25, 0.3) is 0 Å². The van der Waals surface area contributed by atoms with Gasteiger partial charge in [0.05, 0.1) is 12.3 Å². The Kier molecular flexibility index (Phi) is 5.68. The highest BCUT2D eigenvalue weighted by Crippen LogP contribution is 2.15. The molecule has 0 fully saturated rings. The van der Waals surface area contributed by atoms with E-state index in [0.717, 1.165) is 5.75 Å². The van der Waals surface area contributed by atoms with Crippen LogP contribution >= 0.6 is 0 Å². The molecule has 3 rings (SSSR count). The Labute approximate surface area is 144 Å². The molecule has 1 amide bonds. The Morgan fingerprint density at radius 3 is 2.80 bits per heavy atom. The lowest BCUT2D eigenvalue weighted by Gasteiger charge is -2.10. The number of nitrogens with one attached hydrogen (secondary N) is 1. The fourth-order valence-corrected chi connectivity index (χ4v) is 2.08. The molecule has 8 heteroatoms. The van der Waals surface area contributed by atoms with Crippen molar-refractivity contribution in [1.82, 2.24) is 19.7 Å². The zero-order chi connectivity index (χ0) is 17.3. The van der Waals surface area contributed by atoms with E-state index in [9.17, 15) is 4.79 Å². The van der Waals surface area contributed by atoms with Crippen LogP contribution in [0, 0.1) is 0 Å². The summed E-state index contributed by atoms with van der Waals surface area (Å²) in [5.41, 5.74) is 0.530. The van der Waals surface area contributed by atoms with Crippen LogP contribution in [0.25, 0.3) is 5.82 Å². The molecule has 8 nitrogen and oxygen atoms in total. The van der Waals surface area contributed by atoms with Gasteiger partial charge in [-0.3, -0.25) is 4.79 Å². The summed E-state index contributed by atoms with van der Waals surface area (Å²) < 4.78 is 12.3. The molecule has 0 spiro atoms. The molecular formula is C17H17N5O3. The fourth-order valence-electron chi connectivity index (χ4n) is 2.08. The van der Waals surface area contributed by atoms with Crippen LogP contribution in [-0.2, 0) is 9.53 Å². The summed E-state index contributed by atoms with van der Waals surface area (Å²) in [6.07, 6.45) is 4.52. The van der Waals surface area contributed by atoms with Crippen LogP contribution < -0.4 is 10.1 Å².